The zero-order valence-corrected chi connectivity index (χ0v) is 19.0. The zero-order valence-electron chi connectivity index (χ0n) is 19.0. The summed E-state index contributed by atoms with van der Waals surface area (Å²) < 4.78 is 31.2. The van der Waals surface area contributed by atoms with E-state index in [1.54, 1.807) is 6.33 Å². The molecular formula is C26H32F3N3O. The van der Waals surface area contributed by atoms with Gasteiger partial charge in [-0.3, -0.25) is 4.79 Å². The number of aldehydes is 1. The molecule has 0 atom stereocenters. The lowest BCUT2D eigenvalue weighted by Crippen LogP contribution is -2.16. The summed E-state index contributed by atoms with van der Waals surface area (Å²) in [4.78, 5) is 16.3. The highest BCUT2D eigenvalue weighted by Crippen LogP contribution is 2.28. The van der Waals surface area contributed by atoms with Crippen LogP contribution in [-0.2, 0) is 11.3 Å². The predicted octanol–water partition coefficient (Wildman–Crippen LogP) is 6.74. The van der Waals surface area contributed by atoms with Crippen LogP contribution in [0, 0.1) is 12.8 Å². The van der Waals surface area contributed by atoms with Crippen molar-refractivity contribution in [3.63, 3.8) is 0 Å². The number of hydrogen-bond donors (Lipinski definition) is 2. The molecule has 0 bridgehead atoms. The van der Waals surface area contributed by atoms with E-state index in [1.165, 1.54) is 67.2 Å². The van der Waals surface area contributed by atoms with Crippen LogP contribution < -0.4 is 5.32 Å². The van der Waals surface area contributed by atoms with Crippen LogP contribution >= 0.6 is 0 Å². The van der Waals surface area contributed by atoms with E-state index in [4.69, 9.17) is 4.79 Å². The minimum atomic E-state index is -4.64. The maximum Gasteiger partial charge on any atom is 0.446 e. The van der Waals surface area contributed by atoms with Crippen LogP contribution in [0.25, 0.3) is 22.2 Å². The summed E-state index contributed by atoms with van der Waals surface area (Å²) in [6.45, 7) is 4.26. The van der Waals surface area contributed by atoms with Crippen LogP contribution in [-0.4, -0.2) is 29.0 Å². The van der Waals surface area contributed by atoms with Gasteiger partial charge in [0.15, 0.2) is 0 Å². The largest absolute Gasteiger partial charge is 0.446 e. The number of imidazole rings is 1. The number of carbonyl (C=O) groups excluding carboxylic acids is 1. The summed E-state index contributed by atoms with van der Waals surface area (Å²) >= 11 is 0. The van der Waals surface area contributed by atoms with Crippen LogP contribution in [0.5, 0.6) is 0 Å². The lowest BCUT2D eigenvalue weighted by atomic mass is 9.86. The second-order valence-corrected chi connectivity index (χ2v) is 8.77. The molecule has 1 heterocycles. The first-order valence-electron chi connectivity index (χ1n) is 11.6. The van der Waals surface area contributed by atoms with Gasteiger partial charge in [0.2, 0.25) is 6.29 Å². The zero-order chi connectivity index (χ0) is 23.7. The van der Waals surface area contributed by atoms with Crippen molar-refractivity contribution in [3.8, 4) is 11.1 Å². The van der Waals surface area contributed by atoms with Crippen molar-refractivity contribution in [1.29, 1.82) is 0 Å². The highest BCUT2D eigenvalue weighted by atomic mass is 19.4. The molecule has 2 aromatic carbocycles. The lowest BCUT2D eigenvalue weighted by Gasteiger charge is -2.21. The molecule has 1 aliphatic rings. The summed E-state index contributed by atoms with van der Waals surface area (Å²) in [5, 5.41) is 3.62. The fourth-order valence-corrected chi connectivity index (χ4v) is 4.43. The van der Waals surface area contributed by atoms with Crippen LogP contribution in [0.4, 0.5) is 13.2 Å². The molecule has 7 heteroatoms. The minimum absolute atomic E-state index is 0.961. The van der Waals surface area contributed by atoms with E-state index in [1.807, 2.05) is 0 Å². The molecule has 0 amide bonds. The Kier molecular flexibility index (Phi) is 9.06. The Balaban J connectivity index is 0.000000454. The predicted molar refractivity (Wildman–Crippen MR) is 126 cm³/mol. The van der Waals surface area contributed by atoms with Gasteiger partial charge in [0, 0.05) is 6.54 Å². The molecule has 0 unspecified atom stereocenters. The number of nitrogens with zero attached hydrogens (tertiary/aromatic N) is 1. The molecule has 1 aliphatic carbocycles. The molecule has 0 radical (unpaired) electrons. The second kappa shape index (κ2) is 12.0. The van der Waals surface area contributed by atoms with Gasteiger partial charge in [-0.15, -0.1) is 0 Å². The van der Waals surface area contributed by atoms with Gasteiger partial charge in [-0.1, -0.05) is 56.4 Å². The quantitative estimate of drug-likeness (QED) is 0.304. The molecule has 2 N–H and O–H groups in total. The molecule has 1 saturated carbocycles. The molecule has 33 heavy (non-hydrogen) atoms. The standard InChI is InChI=1S/C24H31N3.C2HF3O/c1-18-14-23-24(27-17-26-23)15-22(18)21-11-9-20(10-12-21)16-25-13-5-8-19-6-3-2-4-7-19;3-2(4,5)1-6/h9-12,14-15,17,19,25H,2-8,13,16H2,1H3,(H,26,27);1H. The number of aromatic nitrogens is 2. The van der Waals surface area contributed by atoms with Gasteiger partial charge >= 0.3 is 6.18 Å². The smallest absolute Gasteiger partial charge is 0.345 e. The molecule has 4 nitrogen and oxygen atoms in total. The van der Waals surface area contributed by atoms with Crippen LogP contribution in [0.1, 0.15) is 56.1 Å². The number of rotatable bonds is 7. The molecular weight excluding hydrogens is 427 g/mol. The summed E-state index contributed by atoms with van der Waals surface area (Å²) in [5.41, 5.74) is 7.29. The van der Waals surface area contributed by atoms with Gasteiger partial charge in [0.1, 0.15) is 0 Å². The Morgan fingerprint density at radius 2 is 1.82 bits per heavy atom. The average Bonchev–Trinajstić information content (AvgIpc) is 3.27. The first kappa shape index (κ1) is 25.0. The number of carbonyl (C=O) groups is 1. The van der Waals surface area contributed by atoms with Crippen molar-refractivity contribution in [3.05, 3.63) is 53.9 Å². The van der Waals surface area contributed by atoms with Crippen LogP contribution in [0.2, 0.25) is 0 Å². The number of benzene rings is 2. The normalized spacial score (nSPS) is 14.7. The number of aromatic amines is 1. The van der Waals surface area contributed by atoms with Crippen LogP contribution in [0.3, 0.4) is 0 Å². The fraction of sp³-hybridized carbons (Fsp3) is 0.462. The highest BCUT2D eigenvalue weighted by molar-refractivity contribution is 5.83. The van der Waals surface area contributed by atoms with Crippen molar-refractivity contribution < 1.29 is 18.0 Å². The molecule has 0 aliphatic heterocycles. The number of halogens is 3. The Bertz CT molecular complexity index is 1010. The second-order valence-electron chi connectivity index (χ2n) is 8.77. The van der Waals surface area contributed by atoms with E-state index < -0.39 is 12.5 Å². The first-order valence-corrected chi connectivity index (χ1v) is 11.6. The van der Waals surface area contributed by atoms with E-state index in [-0.39, 0.29) is 0 Å². The molecule has 178 valence electrons. The number of hydrogen-bond acceptors (Lipinski definition) is 3. The number of fused-ring (bicyclic) bond motifs is 1. The SMILES string of the molecule is Cc1cc2[nH]cnc2cc1-c1ccc(CNCCCC2CCCCC2)cc1.O=CC(F)(F)F. The Labute approximate surface area is 193 Å². The molecule has 4 rings (SSSR count). The van der Waals surface area contributed by atoms with Crippen molar-refractivity contribution in [2.24, 2.45) is 5.92 Å². The molecule has 3 aromatic rings. The van der Waals surface area contributed by atoms with Crippen molar-refractivity contribution >= 4 is 17.3 Å². The molecule has 1 fully saturated rings. The van der Waals surface area contributed by atoms with E-state index in [0.717, 1.165) is 30.0 Å². The third-order valence-electron chi connectivity index (χ3n) is 6.18. The minimum Gasteiger partial charge on any atom is -0.345 e. The summed E-state index contributed by atoms with van der Waals surface area (Å²) in [6, 6.07) is 13.3. The van der Waals surface area contributed by atoms with Gasteiger partial charge in [-0.2, -0.15) is 13.2 Å². The highest BCUT2D eigenvalue weighted by Gasteiger charge is 2.24. The van der Waals surface area contributed by atoms with Crippen molar-refractivity contribution in [1.82, 2.24) is 15.3 Å². The molecule has 0 spiro atoms. The summed E-state index contributed by atoms with van der Waals surface area (Å²) in [6.07, 6.45) is 6.07. The number of H-pyrrole nitrogens is 1. The van der Waals surface area contributed by atoms with E-state index in [9.17, 15) is 13.2 Å². The molecule has 1 aromatic heterocycles. The maximum atomic E-state index is 10.4. The van der Waals surface area contributed by atoms with Crippen molar-refractivity contribution in [2.75, 3.05) is 6.54 Å². The van der Waals surface area contributed by atoms with Gasteiger partial charge in [-0.25, -0.2) is 4.98 Å². The Hall–Kier alpha value is -2.67. The van der Waals surface area contributed by atoms with Gasteiger partial charge in [-0.05, 0) is 66.6 Å². The Morgan fingerprint density at radius 1 is 1.12 bits per heavy atom. The Morgan fingerprint density at radius 3 is 2.48 bits per heavy atom. The monoisotopic (exact) mass is 459 g/mol. The van der Waals surface area contributed by atoms with Crippen molar-refractivity contribution in [2.45, 2.75) is 64.6 Å². The topological polar surface area (TPSA) is 57.8 Å². The van der Waals surface area contributed by atoms with E-state index in [0.29, 0.717) is 0 Å². The van der Waals surface area contributed by atoms with Gasteiger partial charge in [0.25, 0.3) is 0 Å². The first-order chi connectivity index (χ1) is 15.9. The average molecular weight is 460 g/mol. The van der Waals surface area contributed by atoms with Gasteiger partial charge in [0.05, 0.1) is 17.4 Å². The third kappa shape index (κ3) is 8.00. The fourth-order valence-electron chi connectivity index (χ4n) is 4.43. The number of alkyl halides is 3. The van der Waals surface area contributed by atoms with E-state index in [2.05, 4.69) is 58.6 Å². The lowest BCUT2D eigenvalue weighted by molar-refractivity contribution is -0.156. The van der Waals surface area contributed by atoms with E-state index >= 15 is 0 Å². The molecule has 0 saturated heterocycles. The number of aryl methyl sites for hydroxylation is 1. The summed E-state index contributed by atoms with van der Waals surface area (Å²) in [5.74, 6) is 0.995. The maximum absolute atomic E-state index is 10.4. The van der Waals surface area contributed by atoms with Crippen LogP contribution in [0.15, 0.2) is 42.7 Å². The number of nitrogens with one attached hydrogen (secondary N) is 2. The van der Waals surface area contributed by atoms with Gasteiger partial charge < -0.3 is 10.3 Å². The summed E-state index contributed by atoms with van der Waals surface area (Å²) in [7, 11) is 0. The third-order valence-corrected chi connectivity index (χ3v) is 6.18.